The van der Waals surface area contributed by atoms with Crippen LogP contribution < -0.4 is 10.1 Å². The van der Waals surface area contributed by atoms with E-state index in [9.17, 15) is 30.7 Å². The minimum absolute atomic E-state index is 0.0529. The number of rotatable bonds is 11. The van der Waals surface area contributed by atoms with Crippen LogP contribution in [0.3, 0.4) is 0 Å². The van der Waals surface area contributed by atoms with E-state index in [1.165, 1.54) is 42.5 Å². The second-order valence-electron chi connectivity index (χ2n) is 8.64. The van der Waals surface area contributed by atoms with Crippen molar-refractivity contribution in [3.05, 3.63) is 82.4 Å². The van der Waals surface area contributed by atoms with Crippen LogP contribution in [0.25, 0.3) is 0 Å². The summed E-state index contributed by atoms with van der Waals surface area (Å²) in [4.78, 5) is 0. The Morgan fingerprint density at radius 3 is 2.45 bits per heavy atom. The SMILES string of the molecule is CCc1cc(Oc2cccc(C3(OC(F)(F)C(F)F)C=CC=C(CNCC(O)C(F)(F)F)C3)c2)ccc1Cl. The molecule has 2 aromatic carbocycles. The Kier molecular flexibility index (Phi) is 9.51. The number of hydrogen-bond donors (Lipinski definition) is 2. The monoisotopic (exact) mass is 567 g/mol. The lowest BCUT2D eigenvalue weighted by molar-refractivity contribution is -0.337. The molecule has 38 heavy (non-hydrogen) atoms. The smallest absolute Gasteiger partial charge is 0.417 e. The predicted octanol–water partition coefficient (Wildman–Crippen LogP) is 7.16. The molecule has 12 heteroatoms. The van der Waals surface area contributed by atoms with Crippen LogP contribution in [0.2, 0.25) is 5.02 Å². The first-order chi connectivity index (χ1) is 17.8. The van der Waals surface area contributed by atoms with Crippen molar-refractivity contribution < 1.29 is 45.3 Å². The van der Waals surface area contributed by atoms with E-state index in [1.807, 2.05) is 6.92 Å². The van der Waals surface area contributed by atoms with Gasteiger partial charge in [0.05, 0.1) is 0 Å². The molecule has 0 saturated carbocycles. The van der Waals surface area contributed by atoms with Crippen molar-refractivity contribution in [3.8, 4) is 11.5 Å². The first kappa shape index (κ1) is 29.9. The third kappa shape index (κ3) is 7.49. The fourth-order valence-corrected chi connectivity index (χ4v) is 4.11. The number of nitrogens with one attached hydrogen (secondary N) is 1. The average Bonchev–Trinajstić information content (AvgIpc) is 2.84. The van der Waals surface area contributed by atoms with E-state index in [2.05, 4.69) is 5.32 Å². The highest BCUT2D eigenvalue weighted by Crippen LogP contribution is 2.44. The average molecular weight is 568 g/mol. The number of halogens is 8. The number of ether oxygens (including phenoxy) is 2. The van der Waals surface area contributed by atoms with E-state index in [4.69, 9.17) is 26.2 Å². The van der Waals surface area contributed by atoms with Gasteiger partial charge in [0.15, 0.2) is 6.10 Å². The lowest BCUT2D eigenvalue weighted by atomic mass is 9.83. The number of benzene rings is 2. The van der Waals surface area contributed by atoms with Gasteiger partial charge in [-0.15, -0.1) is 0 Å². The van der Waals surface area contributed by atoms with Crippen LogP contribution in [-0.2, 0) is 16.8 Å². The fraction of sp³-hybridized carbons (Fsp3) is 0.385. The minimum Gasteiger partial charge on any atom is -0.457 e. The van der Waals surface area contributed by atoms with Gasteiger partial charge in [-0.1, -0.05) is 48.4 Å². The van der Waals surface area contributed by atoms with Crippen molar-refractivity contribution in [1.82, 2.24) is 5.32 Å². The lowest BCUT2D eigenvalue weighted by Gasteiger charge is -2.37. The fourth-order valence-electron chi connectivity index (χ4n) is 3.86. The zero-order valence-corrected chi connectivity index (χ0v) is 20.8. The maximum absolute atomic E-state index is 14.2. The van der Waals surface area contributed by atoms with Crippen LogP contribution in [-0.4, -0.2) is 43.0 Å². The molecule has 1 aliphatic carbocycles. The molecule has 2 unspecified atom stereocenters. The zero-order chi connectivity index (χ0) is 28.1. The molecular formula is C26H25ClF7NO3. The van der Waals surface area contributed by atoms with Crippen LogP contribution in [0, 0.1) is 0 Å². The molecule has 0 aliphatic heterocycles. The molecular weight excluding hydrogens is 543 g/mol. The van der Waals surface area contributed by atoms with Crippen LogP contribution >= 0.6 is 11.6 Å². The largest absolute Gasteiger partial charge is 0.457 e. The van der Waals surface area contributed by atoms with E-state index in [0.29, 0.717) is 17.2 Å². The van der Waals surface area contributed by atoms with Crippen LogP contribution in [0.5, 0.6) is 11.5 Å². The summed E-state index contributed by atoms with van der Waals surface area (Å²) in [6.07, 6.45) is -12.3. The number of hydrogen-bond acceptors (Lipinski definition) is 4. The molecule has 0 heterocycles. The summed E-state index contributed by atoms with van der Waals surface area (Å²) in [5.74, 6) is 0.606. The molecule has 208 valence electrons. The van der Waals surface area contributed by atoms with Gasteiger partial charge in [0, 0.05) is 24.5 Å². The molecule has 0 saturated heterocycles. The van der Waals surface area contributed by atoms with Gasteiger partial charge in [0.1, 0.15) is 17.1 Å². The molecule has 4 nitrogen and oxygen atoms in total. The summed E-state index contributed by atoms with van der Waals surface area (Å²) < 4.78 is 103. The quantitative estimate of drug-likeness (QED) is 0.283. The topological polar surface area (TPSA) is 50.7 Å². The third-order valence-corrected chi connectivity index (χ3v) is 6.15. The molecule has 0 radical (unpaired) electrons. The molecule has 2 atom stereocenters. The number of alkyl halides is 7. The highest BCUT2D eigenvalue weighted by Gasteiger charge is 2.50. The third-order valence-electron chi connectivity index (χ3n) is 5.78. The Morgan fingerprint density at radius 2 is 1.79 bits per heavy atom. The second kappa shape index (κ2) is 12.1. The summed E-state index contributed by atoms with van der Waals surface area (Å²) in [6.45, 7) is 0.800. The van der Waals surface area contributed by atoms with E-state index >= 15 is 0 Å². The molecule has 0 bridgehead atoms. The van der Waals surface area contributed by atoms with Gasteiger partial charge in [-0.2, -0.15) is 22.0 Å². The molecule has 0 fully saturated rings. The number of aliphatic hydroxyl groups is 1. The highest BCUT2D eigenvalue weighted by molar-refractivity contribution is 6.31. The van der Waals surface area contributed by atoms with Gasteiger partial charge in [-0.05, 0) is 54.0 Å². The summed E-state index contributed by atoms with van der Waals surface area (Å²) in [6, 6.07) is 10.7. The van der Waals surface area contributed by atoms with Gasteiger partial charge in [-0.25, -0.2) is 8.78 Å². The molecule has 0 spiro atoms. The Balaban J connectivity index is 1.88. The lowest BCUT2D eigenvalue weighted by Crippen LogP contribution is -2.43. The molecule has 3 rings (SSSR count). The Hall–Kier alpha value is -2.60. The van der Waals surface area contributed by atoms with Gasteiger partial charge in [0.25, 0.3) is 0 Å². The number of allylic oxidation sites excluding steroid dienone is 2. The first-order valence-electron chi connectivity index (χ1n) is 11.5. The van der Waals surface area contributed by atoms with Crippen molar-refractivity contribution in [3.63, 3.8) is 0 Å². The summed E-state index contributed by atoms with van der Waals surface area (Å²) in [7, 11) is 0. The van der Waals surface area contributed by atoms with Crippen LogP contribution in [0.1, 0.15) is 24.5 Å². The van der Waals surface area contributed by atoms with Crippen molar-refractivity contribution in [1.29, 1.82) is 0 Å². The van der Waals surface area contributed by atoms with Crippen molar-refractivity contribution in [2.75, 3.05) is 13.1 Å². The van der Waals surface area contributed by atoms with Gasteiger partial charge >= 0.3 is 18.7 Å². The zero-order valence-electron chi connectivity index (χ0n) is 20.0. The molecule has 1 aliphatic rings. The van der Waals surface area contributed by atoms with Crippen molar-refractivity contribution in [2.24, 2.45) is 0 Å². The molecule has 2 N–H and O–H groups in total. The highest BCUT2D eigenvalue weighted by atomic mass is 35.5. The summed E-state index contributed by atoms with van der Waals surface area (Å²) in [5, 5.41) is 12.1. The summed E-state index contributed by atoms with van der Waals surface area (Å²) in [5.41, 5.74) is -0.951. The maximum Gasteiger partial charge on any atom is 0.417 e. The summed E-state index contributed by atoms with van der Waals surface area (Å²) >= 11 is 6.13. The Labute approximate surface area is 219 Å². The van der Waals surface area contributed by atoms with Crippen LogP contribution in [0.15, 0.2) is 66.3 Å². The van der Waals surface area contributed by atoms with E-state index in [1.54, 1.807) is 18.2 Å². The second-order valence-corrected chi connectivity index (χ2v) is 9.05. The van der Waals surface area contributed by atoms with Crippen molar-refractivity contribution in [2.45, 2.75) is 50.2 Å². The van der Waals surface area contributed by atoms with E-state index in [-0.39, 0.29) is 29.9 Å². The normalized spacial score (nSPS) is 19.0. The molecule has 0 aromatic heterocycles. The van der Waals surface area contributed by atoms with E-state index < -0.39 is 37.0 Å². The number of aryl methyl sites for hydroxylation is 1. The Morgan fingerprint density at radius 1 is 1.08 bits per heavy atom. The minimum atomic E-state index is -4.84. The van der Waals surface area contributed by atoms with Crippen LogP contribution in [0.4, 0.5) is 30.7 Å². The Bertz CT molecular complexity index is 1170. The standard InChI is InChI=1S/C26H25ClF7NO3/c1-2-17-11-20(8-9-21(17)27)37-19-7-3-6-18(12-19)24(38-26(33,34)23(28)29)10-4-5-16(13-24)14-35-15-22(36)25(30,31)32/h3-12,22-23,35-36H,2,13-15H2,1H3. The van der Waals surface area contributed by atoms with E-state index in [0.717, 1.165) is 5.56 Å². The first-order valence-corrected chi connectivity index (χ1v) is 11.9. The predicted molar refractivity (Wildman–Crippen MR) is 128 cm³/mol. The van der Waals surface area contributed by atoms with Gasteiger partial charge < -0.3 is 15.2 Å². The van der Waals surface area contributed by atoms with Crippen molar-refractivity contribution >= 4 is 11.6 Å². The maximum atomic E-state index is 14.2. The molecule has 2 aromatic rings. The number of aliphatic hydroxyl groups excluding tert-OH is 1. The van der Waals surface area contributed by atoms with Gasteiger partial charge in [0.2, 0.25) is 0 Å². The van der Waals surface area contributed by atoms with Gasteiger partial charge in [-0.3, -0.25) is 4.74 Å². The molecule has 0 amide bonds.